The highest BCUT2D eigenvalue weighted by molar-refractivity contribution is 7.17. The van der Waals surface area contributed by atoms with Crippen LogP contribution in [0.3, 0.4) is 0 Å². The molecule has 3 rings (SSSR count). The molecule has 8 nitrogen and oxygen atoms in total. The first-order valence-corrected chi connectivity index (χ1v) is 9.16. The Kier molecular flexibility index (Phi) is 5.60. The second-order valence-corrected chi connectivity index (χ2v) is 7.00. The zero-order chi connectivity index (χ0) is 19.4. The molecule has 0 radical (unpaired) electrons. The Hall–Kier alpha value is -3.07. The second-order valence-electron chi connectivity index (χ2n) is 5.90. The number of esters is 1. The fraction of sp³-hybridized carbons (Fsp3) is 0.278. The first kappa shape index (κ1) is 18.7. The van der Waals surface area contributed by atoms with Crippen molar-refractivity contribution >= 4 is 39.8 Å². The number of fused-ring (bicyclic) bond motifs is 1. The number of nitrogens with one attached hydrogen (secondary N) is 3. The number of amides is 2. The largest absolute Gasteiger partial charge is 0.465 e. The van der Waals surface area contributed by atoms with Crippen molar-refractivity contribution in [2.45, 2.75) is 25.7 Å². The molecule has 2 aromatic heterocycles. The average molecular weight is 389 g/mol. The van der Waals surface area contributed by atoms with Crippen molar-refractivity contribution in [2.75, 3.05) is 12.4 Å². The van der Waals surface area contributed by atoms with Crippen molar-refractivity contribution in [1.29, 1.82) is 0 Å². The van der Waals surface area contributed by atoms with Crippen LogP contribution >= 0.6 is 11.3 Å². The summed E-state index contributed by atoms with van der Waals surface area (Å²) in [6.45, 7) is 3.69. The number of methoxy groups -OCH3 is 1. The van der Waals surface area contributed by atoms with E-state index in [1.54, 1.807) is 12.1 Å². The summed E-state index contributed by atoms with van der Waals surface area (Å²) >= 11 is 1.31. The van der Waals surface area contributed by atoms with Gasteiger partial charge in [0.15, 0.2) is 5.76 Å². The van der Waals surface area contributed by atoms with E-state index in [2.05, 4.69) is 22.7 Å². The van der Waals surface area contributed by atoms with E-state index in [0.717, 1.165) is 36.1 Å². The molecular weight excluding hydrogens is 370 g/mol. The molecule has 0 saturated heterocycles. The smallest absolute Gasteiger partial charge is 0.341 e. The number of hydrazine groups is 1. The van der Waals surface area contributed by atoms with E-state index in [1.165, 1.54) is 24.7 Å². The van der Waals surface area contributed by atoms with E-state index in [4.69, 9.17) is 9.15 Å². The maximum absolute atomic E-state index is 12.2. The van der Waals surface area contributed by atoms with Gasteiger partial charge in [-0.05, 0) is 43.4 Å². The third-order valence-electron chi connectivity index (χ3n) is 4.14. The molecule has 0 bridgehead atoms. The molecule has 1 aliphatic rings. The normalized spacial score (nSPS) is 12.6. The summed E-state index contributed by atoms with van der Waals surface area (Å²) in [5, 5.41) is 2.85. The number of anilines is 1. The van der Waals surface area contributed by atoms with Crippen LogP contribution in [-0.4, -0.2) is 24.9 Å². The van der Waals surface area contributed by atoms with E-state index in [0.29, 0.717) is 22.0 Å². The van der Waals surface area contributed by atoms with Crippen LogP contribution < -0.4 is 16.2 Å². The summed E-state index contributed by atoms with van der Waals surface area (Å²) in [6.07, 6.45) is 5.06. The summed E-state index contributed by atoms with van der Waals surface area (Å²) in [7, 11) is 1.29. The van der Waals surface area contributed by atoms with Gasteiger partial charge in [0.05, 0.1) is 24.6 Å². The highest BCUT2D eigenvalue weighted by atomic mass is 32.1. The number of ether oxygens (including phenoxy) is 1. The zero-order valence-electron chi connectivity index (χ0n) is 14.7. The van der Waals surface area contributed by atoms with E-state index in [9.17, 15) is 14.4 Å². The van der Waals surface area contributed by atoms with Crippen LogP contribution in [0.4, 0.5) is 5.00 Å². The van der Waals surface area contributed by atoms with Gasteiger partial charge in [-0.25, -0.2) is 4.79 Å². The number of furan rings is 1. The molecule has 0 fully saturated rings. The van der Waals surface area contributed by atoms with Crippen LogP contribution in [0.15, 0.2) is 29.4 Å². The summed E-state index contributed by atoms with van der Waals surface area (Å²) in [4.78, 5) is 37.5. The van der Waals surface area contributed by atoms with Crippen molar-refractivity contribution in [3.05, 3.63) is 46.7 Å². The Balaban J connectivity index is 1.68. The summed E-state index contributed by atoms with van der Waals surface area (Å²) in [5.41, 5.74) is 6.29. The summed E-state index contributed by atoms with van der Waals surface area (Å²) < 4.78 is 9.97. The summed E-state index contributed by atoms with van der Waals surface area (Å²) in [6, 6.07) is 3.32. The minimum atomic E-state index is -0.926. The van der Waals surface area contributed by atoms with Crippen LogP contribution in [0, 0.1) is 0 Å². The van der Waals surface area contributed by atoms with Gasteiger partial charge < -0.3 is 14.5 Å². The van der Waals surface area contributed by atoms with Crippen molar-refractivity contribution in [1.82, 2.24) is 10.9 Å². The molecule has 3 N–H and O–H groups in total. The van der Waals surface area contributed by atoms with E-state index in [1.807, 2.05) is 0 Å². The van der Waals surface area contributed by atoms with Gasteiger partial charge in [-0.1, -0.05) is 6.58 Å². The minimum Gasteiger partial charge on any atom is -0.465 e. The molecule has 2 aromatic rings. The highest BCUT2D eigenvalue weighted by Crippen LogP contribution is 2.38. The fourth-order valence-electron chi connectivity index (χ4n) is 2.83. The predicted molar refractivity (Wildman–Crippen MR) is 100.0 cm³/mol. The van der Waals surface area contributed by atoms with Crippen LogP contribution in [0.2, 0.25) is 0 Å². The maximum atomic E-state index is 12.2. The lowest BCUT2D eigenvalue weighted by Crippen LogP contribution is -2.42. The minimum absolute atomic E-state index is 0.294. The van der Waals surface area contributed by atoms with Gasteiger partial charge in [0.2, 0.25) is 0 Å². The molecule has 0 spiro atoms. The van der Waals surface area contributed by atoms with Gasteiger partial charge in [-0.3, -0.25) is 20.4 Å². The number of hydrogen-bond donors (Lipinski definition) is 3. The van der Waals surface area contributed by atoms with E-state index < -0.39 is 17.8 Å². The Bertz CT molecular complexity index is 885. The highest BCUT2D eigenvalue weighted by Gasteiger charge is 2.28. The Morgan fingerprint density at radius 3 is 2.67 bits per heavy atom. The van der Waals surface area contributed by atoms with Gasteiger partial charge in [0.1, 0.15) is 5.00 Å². The molecule has 1 aliphatic carbocycles. The first-order valence-electron chi connectivity index (χ1n) is 8.34. The number of thiophene rings is 1. The number of rotatable bonds is 5. The second kappa shape index (κ2) is 8.09. The molecule has 0 aliphatic heterocycles. The Morgan fingerprint density at radius 1 is 1.19 bits per heavy atom. The lowest BCUT2D eigenvalue weighted by molar-refractivity contribution is -0.136. The quantitative estimate of drug-likeness (QED) is 0.411. The van der Waals surface area contributed by atoms with Crippen LogP contribution in [-0.2, 0) is 27.2 Å². The Morgan fingerprint density at radius 2 is 1.96 bits per heavy atom. The van der Waals surface area contributed by atoms with Gasteiger partial charge in [0.25, 0.3) is 0 Å². The first-order chi connectivity index (χ1) is 13.0. The van der Waals surface area contributed by atoms with Crippen molar-refractivity contribution in [3.63, 3.8) is 0 Å². The standard InChI is InChI=1S/C18H19N3O5S/c1-10(12-7-5-9-26-12)20-21-16(23)15(22)19-17-14(18(24)25-2)11-6-3-4-8-13(11)27-17/h5,7,9,20H,1,3-4,6,8H2,2H3,(H,19,22)(H,21,23). The van der Waals surface area contributed by atoms with Gasteiger partial charge in [-0.2, -0.15) is 0 Å². The van der Waals surface area contributed by atoms with Crippen molar-refractivity contribution < 1.29 is 23.5 Å². The van der Waals surface area contributed by atoms with Crippen LogP contribution in [0.1, 0.15) is 39.4 Å². The van der Waals surface area contributed by atoms with E-state index in [-0.39, 0.29) is 0 Å². The molecule has 27 heavy (non-hydrogen) atoms. The molecule has 142 valence electrons. The van der Waals surface area contributed by atoms with E-state index >= 15 is 0 Å². The molecular formula is C18H19N3O5S. The number of hydrogen-bond acceptors (Lipinski definition) is 7. The molecule has 0 atom stereocenters. The van der Waals surface area contributed by atoms with Gasteiger partial charge in [0, 0.05) is 4.88 Å². The maximum Gasteiger partial charge on any atom is 0.341 e. The van der Waals surface area contributed by atoms with Crippen molar-refractivity contribution in [3.8, 4) is 0 Å². The average Bonchev–Trinajstić information content (AvgIpc) is 3.32. The van der Waals surface area contributed by atoms with Crippen LogP contribution in [0.25, 0.3) is 5.70 Å². The molecule has 2 amide bonds. The third kappa shape index (κ3) is 4.03. The molecule has 0 unspecified atom stereocenters. The van der Waals surface area contributed by atoms with Gasteiger partial charge in [-0.15, -0.1) is 11.3 Å². The fourth-order valence-corrected chi connectivity index (χ4v) is 4.11. The molecule has 0 aromatic carbocycles. The summed E-state index contributed by atoms with van der Waals surface area (Å²) in [5.74, 6) is -1.92. The molecule has 2 heterocycles. The molecule has 9 heteroatoms. The topological polar surface area (TPSA) is 110 Å². The number of carbonyl (C=O) groups excluding carboxylic acids is 3. The predicted octanol–water partition coefficient (Wildman–Crippen LogP) is 2.24. The number of aryl methyl sites for hydroxylation is 1. The number of carbonyl (C=O) groups is 3. The van der Waals surface area contributed by atoms with Gasteiger partial charge >= 0.3 is 17.8 Å². The lowest BCUT2D eigenvalue weighted by atomic mass is 9.95. The zero-order valence-corrected chi connectivity index (χ0v) is 15.5. The van der Waals surface area contributed by atoms with Crippen molar-refractivity contribution in [2.24, 2.45) is 0 Å². The monoisotopic (exact) mass is 389 g/mol. The Labute approximate surface area is 159 Å². The third-order valence-corrected chi connectivity index (χ3v) is 5.35. The lowest BCUT2D eigenvalue weighted by Gasteiger charge is -2.12. The SMILES string of the molecule is C=C(NNC(=O)C(=O)Nc1sc2c(c1C(=O)OC)CCCC2)c1ccco1. The van der Waals surface area contributed by atoms with Crippen LogP contribution in [0.5, 0.6) is 0 Å². The molecule has 0 saturated carbocycles.